The molecular weight excluding hydrogens is 466 g/mol. The maximum absolute atomic E-state index is 13.2. The molecule has 0 aliphatic carbocycles. The predicted molar refractivity (Wildman–Crippen MR) is 128 cm³/mol. The fourth-order valence-electron chi connectivity index (χ4n) is 4.81. The van der Waals surface area contributed by atoms with Gasteiger partial charge in [-0.05, 0) is 24.6 Å². The highest BCUT2D eigenvalue weighted by atomic mass is 16.5. The molecule has 36 heavy (non-hydrogen) atoms. The molecule has 0 fully saturated rings. The Balaban J connectivity index is 2.18. The Bertz CT molecular complexity index is 1360. The number of benzene rings is 1. The number of rotatable bonds is 5. The zero-order valence-corrected chi connectivity index (χ0v) is 20.5. The third kappa shape index (κ3) is 3.82. The Labute approximate surface area is 207 Å². The van der Waals surface area contributed by atoms with E-state index in [1.54, 1.807) is 23.6 Å². The molecule has 0 amide bonds. The third-order valence-electron chi connectivity index (χ3n) is 6.29. The molecule has 2 aliphatic heterocycles. The largest absolute Gasteiger partial charge is 0.468 e. The van der Waals surface area contributed by atoms with E-state index in [-0.39, 0.29) is 16.7 Å². The summed E-state index contributed by atoms with van der Waals surface area (Å²) < 4.78 is 21.9. The lowest BCUT2D eigenvalue weighted by atomic mass is 9.89. The van der Waals surface area contributed by atoms with Crippen molar-refractivity contribution in [1.29, 1.82) is 0 Å². The van der Waals surface area contributed by atoms with Gasteiger partial charge in [0.25, 0.3) is 0 Å². The summed E-state index contributed by atoms with van der Waals surface area (Å²) in [6.45, 7) is 1.72. The average molecular weight is 491 g/mol. The Morgan fingerprint density at radius 3 is 2.06 bits per heavy atom. The van der Waals surface area contributed by atoms with E-state index in [9.17, 15) is 19.2 Å². The van der Waals surface area contributed by atoms with E-state index in [2.05, 4.69) is 0 Å². The van der Waals surface area contributed by atoms with Crippen LogP contribution in [0.15, 0.2) is 65.3 Å². The van der Waals surface area contributed by atoms with Gasteiger partial charge in [0.05, 0.1) is 56.9 Å². The van der Waals surface area contributed by atoms with Crippen LogP contribution in [0.2, 0.25) is 0 Å². The number of carbonyl (C=O) groups excluding carboxylic acids is 4. The molecule has 9 heteroatoms. The van der Waals surface area contributed by atoms with E-state index in [1.807, 2.05) is 30.3 Å². The van der Waals surface area contributed by atoms with Gasteiger partial charge < -0.3 is 23.5 Å². The third-order valence-corrected chi connectivity index (χ3v) is 6.29. The van der Waals surface area contributed by atoms with Crippen LogP contribution < -0.4 is 0 Å². The van der Waals surface area contributed by atoms with E-state index in [0.717, 1.165) is 5.56 Å². The van der Waals surface area contributed by atoms with Crippen LogP contribution in [0.5, 0.6) is 0 Å². The van der Waals surface area contributed by atoms with Gasteiger partial charge in [-0.3, -0.25) is 4.79 Å². The average Bonchev–Trinajstić information content (AvgIpc) is 3.42. The number of hydrogen-bond donors (Lipinski definition) is 0. The molecule has 2 aromatic rings. The first-order chi connectivity index (χ1) is 17.3. The summed E-state index contributed by atoms with van der Waals surface area (Å²) in [5.74, 6) is -4.06. The lowest BCUT2D eigenvalue weighted by Crippen LogP contribution is -2.27. The topological polar surface area (TPSA) is 110 Å². The van der Waals surface area contributed by atoms with E-state index >= 15 is 0 Å². The van der Waals surface area contributed by atoms with Gasteiger partial charge in [0, 0.05) is 11.3 Å². The second kappa shape index (κ2) is 9.69. The molecule has 3 heterocycles. The highest BCUT2D eigenvalue weighted by Crippen LogP contribution is 2.49. The first kappa shape index (κ1) is 24.7. The Kier molecular flexibility index (Phi) is 6.65. The van der Waals surface area contributed by atoms with Crippen LogP contribution >= 0.6 is 0 Å². The van der Waals surface area contributed by atoms with Gasteiger partial charge in [0.1, 0.15) is 5.92 Å². The molecule has 0 saturated heterocycles. The minimum absolute atomic E-state index is 0.0219. The molecule has 0 spiro atoms. The van der Waals surface area contributed by atoms with Gasteiger partial charge in [0.2, 0.25) is 0 Å². The van der Waals surface area contributed by atoms with Crippen LogP contribution in [0.1, 0.15) is 30.3 Å². The van der Waals surface area contributed by atoms with Crippen LogP contribution in [0.3, 0.4) is 0 Å². The first-order valence-corrected chi connectivity index (χ1v) is 11.1. The molecule has 2 aliphatic rings. The SMILES string of the molecule is COC(=O)C1=C(C(=O)OC)C2/C=C(C)\C=C(\C(=O)OC)C(C(=O)OC)c3cc(-c4ccccc4)c1n32. The van der Waals surface area contributed by atoms with Gasteiger partial charge in [-0.1, -0.05) is 42.0 Å². The molecule has 2 unspecified atom stereocenters. The molecule has 0 N–H and O–H groups in total. The number of carbonyl (C=O) groups is 4. The Morgan fingerprint density at radius 2 is 1.47 bits per heavy atom. The van der Waals surface area contributed by atoms with E-state index < -0.39 is 35.8 Å². The summed E-state index contributed by atoms with van der Waals surface area (Å²) in [5, 5.41) is 0. The minimum atomic E-state index is -1.19. The second-order valence-electron chi connectivity index (χ2n) is 8.24. The van der Waals surface area contributed by atoms with Crippen molar-refractivity contribution in [2.24, 2.45) is 0 Å². The quantitative estimate of drug-likeness (QED) is 0.464. The predicted octanol–water partition coefficient (Wildman–Crippen LogP) is 3.13. The van der Waals surface area contributed by atoms with Crippen molar-refractivity contribution in [1.82, 2.24) is 4.57 Å². The standard InChI is InChI=1S/C27H25NO8/c1-14-11-17(24(29)33-2)20(25(30)34-3)19-13-16(15-9-7-6-8-10-15)23-22(27(32)36-5)21(26(31)35-4)18(12-14)28(19)23/h6-13,18,20H,1-5H3/b14-12-,17-11+. The summed E-state index contributed by atoms with van der Waals surface area (Å²) >= 11 is 0. The number of ether oxygens (including phenoxy) is 4. The van der Waals surface area contributed by atoms with Crippen LogP contribution in [0.4, 0.5) is 0 Å². The number of aromatic nitrogens is 1. The van der Waals surface area contributed by atoms with Gasteiger partial charge in [-0.25, -0.2) is 14.4 Å². The van der Waals surface area contributed by atoms with Crippen molar-refractivity contribution in [2.45, 2.75) is 18.9 Å². The van der Waals surface area contributed by atoms with Crippen molar-refractivity contribution in [2.75, 3.05) is 28.4 Å². The number of methoxy groups -OCH3 is 4. The molecule has 0 radical (unpaired) electrons. The zero-order chi connectivity index (χ0) is 26.1. The van der Waals surface area contributed by atoms with Gasteiger partial charge in [-0.2, -0.15) is 0 Å². The lowest BCUT2D eigenvalue weighted by molar-refractivity contribution is -0.145. The number of esters is 4. The maximum Gasteiger partial charge on any atom is 0.340 e. The molecule has 9 nitrogen and oxygen atoms in total. The van der Waals surface area contributed by atoms with Crippen molar-refractivity contribution in [3.63, 3.8) is 0 Å². The molecule has 1 aromatic heterocycles. The number of hydrogen-bond acceptors (Lipinski definition) is 8. The van der Waals surface area contributed by atoms with E-state index in [1.165, 1.54) is 34.5 Å². The Hall–Kier alpha value is -4.40. The molecule has 4 rings (SSSR count). The zero-order valence-electron chi connectivity index (χ0n) is 20.5. The molecule has 1 aromatic carbocycles. The summed E-state index contributed by atoms with van der Waals surface area (Å²) in [7, 11) is 4.90. The van der Waals surface area contributed by atoms with Gasteiger partial charge >= 0.3 is 23.9 Å². The molecule has 2 atom stereocenters. The highest BCUT2D eigenvalue weighted by molar-refractivity contribution is 6.25. The molecule has 0 bridgehead atoms. The maximum atomic E-state index is 13.2. The van der Waals surface area contributed by atoms with Gasteiger partial charge in [0.15, 0.2) is 0 Å². The smallest absolute Gasteiger partial charge is 0.340 e. The number of allylic oxidation sites excluding steroid dienone is 3. The van der Waals surface area contributed by atoms with Gasteiger partial charge in [-0.15, -0.1) is 0 Å². The summed E-state index contributed by atoms with van der Waals surface area (Å²) in [5.41, 5.74) is 2.73. The van der Waals surface area contributed by atoms with Crippen LogP contribution in [0.25, 0.3) is 16.7 Å². The van der Waals surface area contributed by atoms with Crippen LogP contribution in [-0.2, 0) is 38.1 Å². The molecule has 186 valence electrons. The van der Waals surface area contributed by atoms with Crippen molar-refractivity contribution >= 4 is 29.5 Å². The lowest BCUT2D eigenvalue weighted by Gasteiger charge is -2.25. The first-order valence-electron chi connectivity index (χ1n) is 11.1. The molecular formula is C27H25NO8. The molecule has 0 saturated carbocycles. The fourth-order valence-corrected chi connectivity index (χ4v) is 4.81. The van der Waals surface area contributed by atoms with E-state index in [4.69, 9.17) is 18.9 Å². The van der Waals surface area contributed by atoms with Crippen molar-refractivity contribution < 1.29 is 38.1 Å². The summed E-state index contributed by atoms with van der Waals surface area (Å²) in [6, 6.07) is 10.1. The van der Waals surface area contributed by atoms with Crippen LogP contribution in [0, 0.1) is 0 Å². The van der Waals surface area contributed by atoms with Crippen molar-refractivity contribution in [3.8, 4) is 11.1 Å². The Morgan fingerprint density at radius 1 is 0.833 bits per heavy atom. The highest BCUT2D eigenvalue weighted by Gasteiger charge is 2.46. The summed E-state index contributed by atoms with van der Waals surface area (Å²) in [6.07, 6.45) is 3.25. The van der Waals surface area contributed by atoms with E-state index in [0.29, 0.717) is 22.5 Å². The van der Waals surface area contributed by atoms with Crippen LogP contribution in [-0.4, -0.2) is 56.9 Å². The second-order valence-corrected chi connectivity index (χ2v) is 8.24. The number of nitrogens with zero attached hydrogens (tertiary/aromatic N) is 1. The monoisotopic (exact) mass is 491 g/mol. The minimum Gasteiger partial charge on any atom is -0.468 e. The fraction of sp³-hybridized carbons (Fsp3) is 0.259. The van der Waals surface area contributed by atoms with Crippen molar-refractivity contribution in [3.05, 3.63) is 76.7 Å². The normalized spacial score (nSPS) is 21.1. The summed E-state index contributed by atoms with van der Waals surface area (Å²) in [4.78, 5) is 52.2.